The first-order chi connectivity index (χ1) is 9.97. The van der Waals surface area contributed by atoms with E-state index in [1.54, 1.807) is 4.90 Å². The molecule has 1 aliphatic heterocycles. The van der Waals surface area contributed by atoms with Gasteiger partial charge in [0.15, 0.2) is 6.04 Å². The minimum atomic E-state index is 0.0780. The molecule has 0 aromatic carbocycles. The number of carbonyl (C=O) groups is 1. The highest BCUT2D eigenvalue weighted by molar-refractivity contribution is 5.80. The van der Waals surface area contributed by atoms with Crippen molar-refractivity contribution in [3.05, 3.63) is 0 Å². The van der Waals surface area contributed by atoms with Crippen molar-refractivity contribution in [3.63, 3.8) is 0 Å². The van der Waals surface area contributed by atoms with Crippen LogP contribution >= 0.6 is 0 Å². The quantitative estimate of drug-likeness (QED) is 0.597. The number of nitrogens with two attached hydrogens (primary N) is 1. The molecule has 0 unspecified atom stereocenters. The summed E-state index contributed by atoms with van der Waals surface area (Å²) in [6.07, 6.45) is 2.45. The molecule has 124 valence electrons. The Kier molecular flexibility index (Phi) is 8.27. The summed E-state index contributed by atoms with van der Waals surface area (Å²) in [6, 6.07) is 0.0780. The summed E-state index contributed by atoms with van der Waals surface area (Å²) in [6.45, 7) is 17.7. The van der Waals surface area contributed by atoms with Gasteiger partial charge in [0.2, 0.25) is 0 Å². The molecule has 4 nitrogen and oxygen atoms in total. The van der Waals surface area contributed by atoms with Gasteiger partial charge in [-0.25, -0.2) is 0 Å². The molecule has 0 radical (unpaired) electrons. The van der Waals surface area contributed by atoms with Gasteiger partial charge in [-0.2, -0.15) is 0 Å². The molecule has 1 saturated heterocycles. The van der Waals surface area contributed by atoms with Crippen molar-refractivity contribution < 1.29 is 15.0 Å². The SMILES string of the molecule is CC[NH+](CC)CCC[NH2+][C@H](C)C(=O)N1C[C@@H](C)C[C@H](C)C1. The molecule has 0 aromatic rings. The second kappa shape index (κ2) is 9.42. The Balaban J connectivity index is 2.27. The minimum absolute atomic E-state index is 0.0780. The van der Waals surface area contributed by atoms with E-state index in [4.69, 9.17) is 0 Å². The average molecular weight is 300 g/mol. The maximum Gasteiger partial charge on any atom is 0.280 e. The molecule has 1 heterocycles. The Bertz CT molecular complexity index is 294. The number of hydrogen-bond donors (Lipinski definition) is 2. The lowest BCUT2D eigenvalue weighted by molar-refractivity contribution is -0.898. The Morgan fingerprint density at radius 1 is 1.24 bits per heavy atom. The zero-order valence-corrected chi connectivity index (χ0v) is 14.8. The fourth-order valence-electron chi connectivity index (χ4n) is 3.56. The van der Waals surface area contributed by atoms with Crippen LogP contribution in [-0.2, 0) is 4.79 Å². The molecule has 1 amide bonds. The van der Waals surface area contributed by atoms with Gasteiger partial charge in [0.25, 0.3) is 5.91 Å². The van der Waals surface area contributed by atoms with E-state index in [0.29, 0.717) is 17.7 Å². The van der Waals surface area contributed by atoms with Gasteiger partial charge in [0.1, 0.15) is 0 Å². The van der Waals surface area contributed by atoms with Crippen molar-refractivity contribution in [2.45, 2.75) is 53.5 Å². The fourth-order valence-corrected chi connectivity index (χ4v) is 3.56. The maximum absolute atomic E-state index is 12.5. The molecule has 0 spiro atoms. The number of carbonyl (C=O) groups excluding carboxylic acids is 1. The molecule has 1 aliphatic rings. The summed E-state index contributed by atoms with van der Waals surface area (Å²) in [5.41, 5.74) is 0. The van der Waals surface area contributed by atoms with Gasteiger partial charge in [-0.3, -0.25) is 4.79 Å². The summed E-state index contributed by atoms with van der Waals surface area (Å²) < 4.78 is 0. The zero-order valence-electron chi connectivity index (χ0n) is 14.8. The van der Waals surface area contributed by atoms with E-state index < -0.39 is 0 Å². The van der Waals surface area contributed by atoms with Gasteiger partial charge in [0, 0.05) is 19.5 Å². The molecule has 1 fully saturated rings. The van der Waals surface area contributed by atoms with Crippen molar-refractivity contribution in [2.75, 3.05) is 39.3 Å². The highest BCUT2D eigenvalue weighted by Crippen LogP contribution is 2.21. The first kappa shape index (κ1) is 18.4. The van der Waals surface area contributed by atoms with Crippen LogP contribution in [0.4, 0.5) is 0 Å². The van der Waals surface area contributed by atoms with Crippen LogP contribution in [0.2, 0.25) is 0 Å². The summed E-state index contributed by atoms with van der Waals surface area (Å²) in [5.74, 6) is 1.64. The van der Waals surface area contributed by atoms with Crippen molar-refractivity contribution >= 4 is 5.91 Å². The monoisotopic (exact) mass is 299 g/mol. The van der Waals surface area contributed by atoms with Crippen LogP contribution in [0.5, 0.6) is 0 Å². The van der Waals surface area contributed by atoms with E-state index in [-0.39, 0.29) is 6.04 Å². The number of rotatable bonds is 8. The van der Waals surface area contributed by atoms with Gasteiger partial charge in [-0.1, -0.05) is 13.8 Å². The lowest BCUT2D eigenvalue weighted by atomic mass is 9.91. The topological polar surface area (TPSA) is 41.4 Å². The van der Waals surface area contributed by atoms with Gasteiger partial charge < -0.3 is 15.1 Å². The highest BCUT2D eigenvalue weighted by Gasteiger charge is 2.29. The number of nitrogens with zero attached hydrogens (tertiary/aromatic N) is 1. The van der Waals surface area contributed by atoms with Gasteiger partial charge in [-0.05, 0) is 39.0 Å². The summed E-state index contributed by atoms with van der Waals surface area (Å²) in [5, 5.41) is 2.23. The van der Waals surface area contributed by atoms with Gasteiger partial charge in [-0.15, -0.1) is 0 Å². The van der Waals surface area contributed by atoms with E-state index in [1.807, 2.05) is 0 Å². The summed E-state index contributed by atoms with van der Waals surface area (Å²) in [4.78, 5) is 16.3. The van der Waals surface area contributed by atoms with Crippen LogP contribution in [-0.4, -0.2) is 56.1 Å². The molecule has 3 N–H and O–H groups in total. The van der Waals surface area contributed by atoms with E-state index in [2.05, 4.69) is 44.8 Å². The number of likely N-dealkylation sites (tertiary alicyclic amines) is 1. The number of hydrogen-bond acceptors (Lipinski definition) is 1. The third-order valence-electron chi connectivity index (χ3n) is 4.82. The number of nitrogens with one attached hydrogen (secondary N) is 1. The fraction of sp³-hybridized carbons (Fsp3) is 0.941. The molecule has 0 bridgehead atoms. The molecule has 21 heavy (non-hydrogen) atoms. The molecule has 0 aliphatic carbocycles. The predicted octanol–water partition coefficient (Wildman–Crippen LogP) is -0.242. The first-order valence-electron chi connectivity index (χ1n) is 8.93. The molecule has 0 saturated carbocycles. The average Bonchev–Trinajstić information content (AvgIpc) is 2.45. The second-order valence-corrected chi connectivity index (χ2v) is 7.06. The normalized spacial score (nSPS) is 24.4. The van der Waals surface area contributed by atoms with Crippen LogP contribution in [0.1, 0.15) is 47.5 Å². The molecular formula is C17H37N3O+2. The third kappa shape index (κ3) is 6.35. The van der Waals surface area contributed by atoms with Crippen molar-refractivity contribution in [2.24, 2.45) is 11.8 Å². The third-order valence-corrected chi connectivity index (χ3v) is 4.82. The van der Waals surface area contributed by atoms with Gasteiger partial charge in [0.05, 0.1) is 26.2 Å². The molecule has 4 heteroatoms. The summed E-state index contributed by atoms with van der Waals surface area (Å²) in [7, 11) is 0. The first-order valence-corrected chi connectivity index (χ1v) is 8.93. The lowest BCUT2D eigenvalue weighted by Crippen LogP contribution is -3.11. The van der Waals surface area contributed by atoms with Crippen molar-refractivity contribution in [1.29, 1.82) is 0 Å². The number of quaternary nitrogens is 2. The zero-order chi connectivity index (χ0) is 15.8. The second-order valence-electron chi connectivity index (χ2n) is 7.06. The van der Waals surface area contributed by atoms with Crippen LogP contribution in [0.15, 0.2) is 0 Å². The molecule has 0 aromatic heterocycles. The van der Waals surface area contributed by atoms with E-state index in [0.717, 1.165) is 19.6 Å². The minimum Gasteiger partial charge on any atom is -0.337 e. The molecular weight excluding hydrogens is 262 g/mol. The van der Waals surface area contributed by atoms with Crippen LogP contribution in [0.25, 0.3) is 0 Å². The predicted molar refractivity (Wildman–Crippen MR) is 87.3 cm³/mol. The van der Waals surface area contributed by atoms with Crippen molar-refractivity contribution in [3.8, 4) is 0 Å². The van der Waals surface area contributed by atoms with Gasteiger partial charge >= 0.3 is 0 Å². The molecule has 3 atom stereocenters. The van der Waals surface area contributed by atoms with E-state index >= 15 is 0 Å². The van der Waals surface area contributed by atoms with Crippen molar-refractivity contribution in [1.82, 2.24) is 4.90 Å². The summed E-state index contributed by atoms with van der Waals surface area (Å²) >= 11 is 0. The highest BCUT2D eigenvalue weighted by atomic mass is 16.2. The number of piperidine rings is 1. The Hall–Kier alpha value is -0.610. The largest absolute Gasteiger partial charge is 0.337 e. The standard InChI is InChI=1S/C17H35N3O/c1-6-19(7-2)10-8-9-18-16(5)17(21)20-12-14(3)11-15(4)13-20/h14-16,18H,6-13H2,1-5H3/p+2/t14-,15-,16+/m0/s1. The maximum atomic E-state index is 12.5. The smallest absolute Gasteiger partial charge is 0.280 e. The Morgan fingerprint density at radius 3 is 2.33 bits per heavy atom. The van der Waals surface area contributed by atoms with E-state index in [9.17, 15) is 4.79 Å². The number of amides is 1. The van der Waals surface area contributed by atoms with Crippen LogP contribution < -0.4 is 10.2 Å². The Morgan fingerprint density at radius 2 is 1.81 bits per heavy atom. The van der Waals surface area contributed by atoms with E-state index in [1.165, 1.54) is 32.5 Å². The van der Waals surface area contributed by atoms with Crippen LogP contribution in [0.3, 0.4) is 0 Å². The lowest BCUT2D eigenvalue weighted by Gasteiger charge is -2.35. The Labute approximate surface area is 131 Å². The van der Waals surface area contributed by atoms with Crippen LogP contribution in [0, 0.1) is 11.8 Å². The molecule has 1 rings (SSSR count).